The average molecular weight is 369 g/mol. The molecule has 8 heteroatoms. The molecule has 142 valence electrons. The highest BCUT2D eigenvalue weighted by Crippen LogP contribution is 2.20. The van der Waals surface area contributed by atoms with Gasteiger partial charge in [-0.05, 0) is 38.5 Å². The van der Waals surface area contributed by atoms with Crippen molar-refractivity contribution in [2.75, 3.05) is 19.1 Å². The van der Waals surface area contributed by atoms with E-state index in [1.807, 2.05) is 44.9 Å². The van der Waals surface area contributed by atoms with Crippen LogP contribution in [0.2, 0.25) is 0 Å². The maximum absolute atomic E-state index is 12.4. The predicted molar refractivity (Wildman–Crippen MR) is 103 cm³/mol. The Morgan fingerprint density at radius 2 is 1.93 bits per heavy atom. The molecule has 0 aliphatic heterocycles. The molecule has 3 rings (SSSR count). The van der Waals surface area contributed by atoms with Crippen LogP contribution >= 0.6 is 0 Å². The number of benzene rings is 1. The third kappa shape index (κ3) is 3.69. The Hall–Kier alpha value is -3.16. The van der Waals surface area contributed by atoms with Gasteiger partial charge in [0.25, 0.3) is 5.56 Å². The van der Waals surface area contributed by atoms with E-state index >= 15 is 0 Å². The van der Waals surface area contributed by atoms with Gasteiger partial charge in [-0.25, -0.2) is 9.48 Å². The summed E-state index contributed by atoms with van der Waals surface area (Å²) in [5.74, 6) is 0.0809. The maximum Gasteiger partial charge on any atom is 0.337 e. The fourth-order valence-corrected chi connectivity index (χ4v) is 2.79. The molecule has 0 aliphatic rings. The summed E-state index contributed by atoms with van der Waals surface area (Å²) in [6.07, 6.45) is 1.54. The van der Waals surface area contributed by atoms with Gasteiger partial charge in [-0.3, -0.25) is 9.78 Å². The quantitative estimate of drug-likeness (QED) is 0.709. The van der Waals surface area contributed by atoms with Crippen LogP contribution in [0.25, 0.3) is 11.0 Å². The lowest BCUT2D eigenvalue weighted by Gasteiger charge is -2.21. The number of H-pyrrole nitrogens is 1. The summed E-state index contributed by atoms with van der Waals surface area (Å²) in [7, 11) is 3.20. The standard InChI is InChI=1S/C19H23N5O3/c1-19(2,3)24-15-14(10-20-24)16(25)22-18(21-15)23(4)11-12-6-8-13(9-7-12)17(26)27-5/h6-10H,11H2,1-5H3,(H,21,22,25). The van der Waals surface area contributed by atoms with Crippen LogP contribution in [-0.2, 0) is 16.8 Å². The predicted octanol–water partition coefficient (Wildman–Crippen LogP) is 2.30. The molecule has 0 unspecified atom stereocenters. The summed E-state index contributed by atoms with van der Waals surface area (Å²) in [6.45, 7) is 6.54. The number of methoxy groups -OCH3 is 1. The minimum atomic E-state index is -0.373. The SMILES string of the molecule is COC(=O)c1ccc(CN(C)c2nc3c(cnn3C(C)(C)C)c(=O)[nH]2)cc1. The Morgan fingerprint density at radius 1 is 1.26 bits per heavy atom. The van der Waals surface area contributed by atoms with Crippen molar-refractivity contribution < 1.29 is 9.53 Å². The van der Waals surface area contributed by atoms with Gasteiger partial charge in [0.15, 0.2) is 5.65 Å². The molecule has 0 saturated heterocycles. The van der Waals surface area contributed by atoms with E-state index in [9.17, 15) is 9.59 Å². The van der Waals surface area contributed by atoms with Crippen molar-refractivity contribution in [1.29, 1.82) is 0 Å². The molecule has 3 aromatic rings. The fourth-order valence-electron chi connectivity index (χ4n) is 2.79. The van der Waals surface area contributed by atoms with Crippen molar-refractivity contribution >= 4 is 23.0 Å². The summed E-state index contributed by atoms with van der Waals surface area (Å²) in [5.41, 5.74) is 1.50. The lowest BCUT2D eigenvalue weighted by molar-refractivity contribution is 0.0600. The molecular weight excluding hydrogens is 346 g/mol. The van der Waals surface area contributed by atoms with Gasteiger partial charge >= 0.3 is 5.97 Å². The molecule has 0 radical (unpaired) electrons. The third-order valence-electron chi connectivity index (χ3n) is 4.22. The number of esters is 1. The number of carbonyl (C=O) groups is 1. The first-order valence-corrected chi connectivity index (χ1v) is 8.57. The number of carbonyl (C=O) groups excluding carboxylic acids is 1. The molecule has 0 bridgehead atoms. The lowest BCUT2D eigenvalue weighted by Crippen LogP contribution is -2.26. The number of aromatic nitrogens is 4. The van der Waals surface area contributed by atoms with E-state index < -0.39 is 0 Å². The highest BCUT2D eigenvalue weighted by atomic mass is 16.5. The number of ether oxygens (including phenoxy) is 1. The molecule has 0 spiro atoms. The van der Waals surface area contributed by atoms with Crippen molar-refractivity contribution in [2.24, 2.45) is 0 Å². The molecule has 2 heterocycles. The Morgan fingerprint density at radius 3 is 2.52 bits per heavy atom. The van der Waals surface area contributed by atoms with E-state index in [2.05, 4.69) is 15.1 Å². The Labute approximate surface area is 156 Å². The smallest absolute Gasteiger partial charge is 0.337 e. The molecular formula is C19H23N5O3. The van der Waals surface area contributed by atoms with Gasteiger partial charge in [0, 0.05) is 13.6 Å². The summed E-state index contributed by atoms with van der Waals surface area (Å²) >= 11 is 0. The number of anilines is 1. The van der Waals surface area contributed by atoms with Crippen LogP contribution in [-0.4, -0.2) is 39.9 Å². The Kier molecular flexibility index (Phi) is 4.73. The maximum atomic E-state index is 12.4. The van der Waals surface area contributed by atoms with E-state index in [0.29, 0.717) is 29.1 Å². The highest BCUT2D eigenvalue weighted by molar-refractivity contribution is 5.89. The molecule has 0 amide bonds. The van der Waals surface area contributed by atoms with Crippen molar-refractivity contribution in [2.45, 2.75) is 32.9 Å². The highest BCUT2D eigenvalue weighted by Gasteiger charge is 2.20. The zero-order valence-electron chi connectivity index (χ0n) is 16.1. The average Bonchev–Trinajstić information content (AvgIpc) is 3.06. The number of aromatic amines is 1. The van der Waals surface area contributed by atoms with Crippen molar-refractivity contribution in [3.05, 3.63) is 51.9 Å². The van der Waals surface area contributed by atoms with Gasteiger partial charge in [0.05, 0.1) is 24.4 Å². The zero-order valence-corrected chi connectivity index (χ0v) is 16.1. The van der Waals surface area contributed by atoms with Crippen molar-refractivity contribution in [3.63, 3.8) is 0 Å². The van der Waals surface area contributed by atoms with Crippen LogP contribution in [0.5, 0.6) is 0 Å². The first-order chi connectivity index (χ1) is 12.7. The second-order valence-corrected chi connectivity index (χ2v) is 7.40. The van der Waals surface area contributed by atoms with E-state index in [0.717, 1.165) is 5.56 Å². The van der Waals surface area contributed by atoms with Crippen LogP contribution < -0.4 is 10.5 Å². The van der Waals surface area contributed by atoms with Gasteiger partial charge in [-0.15, -0.1) is 0 Å². The van der Waals surface area contributed by atoms with Crippen molar-refractivity contribution in [3.8, 4) is 0 Å². The van der Waals surface area contributed by atoms with E-state index in [4.69, 9.17) is 4.74 Å². The topological polar surface area (TPSA) is 93.1 Å². The third-order valence-corrected chi connectivity index (χ3v) is 4.22. The van der Waals surface area contributed by atoms with E-state index in [1.165, 1.54) is 7.11 Å². The number of nitrogens with zero attached hydrogens (tertiary/aromatic N) is 4. The molecule has 0 atom stereocenters. The van der Waals surface area contributed by atoms with Gasteiger partial charge < -0.3 is 9.64 Å². The van der Waals surface area contributed by atoms with Gasteiger partial charge in [0.2, 0.25) is 5.95 Å². The molecule has 2 aromatic heterocycles. The molecule has 0 saturated carbocycles. The number of rotatable bonds is 4. The van der Waals surface area contributed by atoms with Gasteiger partial charge in [-0.2, -0.15) is 10.1 Å². The molecule has 0 aliphatic carbocycles. The minimum Gasteiger partial charge on any atom is -0.465 e. The van der Waals surface area contributed by atoms with Crippen LogP contribution in [0.15, 0.2) is 35.3 Å². The second kappa shape index (κ2) is 6.86. The van der Waals surface area contributed by atoms with Crippen LogP contribution in [0.1, 0.15) is 36.7 Å². The van der Waals surface area contributed by atoms with Crippen LogP contribution in [0, 0.1) is 0 Å². The molecule has 8 nitrogen and oxygen atoms in total. The number of nitrogens with one attached hydrogen (secondary N) is 1. The fraction of sp³-hybridized carbons (Fsp3) is 0.368. The molecule has 1 N–H and O–H groups in total. The number of hydrogen-bond acceptors (Lipinski definition) is 6. The summed E-state index contributed by atoms with van der Waals surface area (Å²) in [6, 6.07) is 7.11. The second-order valence-electron chi connectivity index (χ2n) is 7.40. The van der Waals surface area contributed by atoms with Crippen LogP contribution in [0.3, 0.4) is 0 Å². The molecule has 1 aromatic carbocycles. The van der Waals surface area contributed by atoms with Gasteiger partial charge in [0.1, 0.15) is 5.39 Å². The first kappa shape index (κ1) is 18.6. The number of hydrogen-bond donors (Lipinski definition) is 1. The zero-order chi connectivity index (χ0) is 19.8. The monoisotopic (exact) mass is 369 g/mol. The van der Waals surface area contributed by atoms with Gasteiger partial charge in [-0.1, -0.05) is 12.1 Å². The van der Waals surface area contributed by atoms with E-state index in [-0.39, 0.29) is 17.1 Å². The Balaban J connectivity index is 1.90. The minimum absolute atomic E-state index is 0.224. The summed E-state index contributed by atoms with van der Waals surface area (Å²) in [5, 5.41) is 4.78. The summed E-state index contributed by atoms with van der Waals surface area (Å²) < 4.78 is 6.45. The first-order valence-electron chi connectivity index (χ1n) is 8.57. The van der Waals surface area contributed by atoms with E-state index in [1.54, 1.807) is 23.0 Å². The molecule has 0 fully saturated rings. The van der Waals surface area contributed by atoms with Crippen molar-refractivity contribution in [1.82, 2.24) is 19.7 Å². The molecule has 27 heavy (non-hydrogen) atoms. The normalized spacial score (nSPS) is 11.6. The Bertz CT molecular complexity index is 1030. The largest absolute Gasteiger partial charge is 0.465 e. The number of fused-ring (bicyclic) bond motifs is 1. The van der Waals surface area contributed by atoms with Crippen LogP contribution in [0.4, 0.5) is 5.95 Å². The summed E-state index contributed by atoms with van der Waals surface area (Å²) in [4.78, 5) is 33.2. The lowest BCUT2D eigenvalue weighted by atomic mass is 10.1.